The van der Waals surface area contributed by atoms with E-state index in [0.29, 0.717) is 49.1 Å². The SMILES string of the molecule is C=CCOCC1(C(=O)NC[C@@H]2C[C@H](C)CCN2C(=O)c2ccc(OC)cc2OCC=C)CCN(C(=O)OC(C)(C)C)C1. The quantitative estimate of drug-likeness (QED) is 0.285. The van der Waals surface area contributed by atoms with Gasteiger partial charge in [0.15, 0.2) is 0 Å². The highest BCUT2D eigenvalue weighted by Gasteiger charge is 2.47. The largest absolute Gasteiger partial charge is 0.497 e. The summed E-state index contributed by atoms with van der Waals surface area (Å²) in [7, 11) is 1.56. The van der Waals surface area contributed by atoms with E-state index < -0.39 is 17.1 Å². The summed E-state index contributed by atoms with van der Waals surface area (Å²) in [6.07, 6.45) is 4.85. The van der Waals surface area contributed by atoms with Crippen LogP contribution in [0.5, 0.6) is 11.5 Å². The van der Waals surface area contributed by atoms with E-state index in [1.165, 1.54) is 0 Å². The van der Waals surface area contributed by atoms with Gasteiger partial charge in [-0.15, -0.1) is 6.58 Å². The monoisotopic (exact) mass is 585 g/mol. The van der Waals surface area contributed by atoms with E-state index in [0.717, 1.165) is 12.8 Å². The molecule has 2 aliphatic heterocycles. The van der Waals surface area contributed by atoms with Crippen molar-refractivity contribution in [3.05, 3.63) is 49.1 Å². The van der Waals surface area contributed by atoms with Crippen molar-refractivity contribution in [3.63, 3.8) is 0 Å². The molecule has 1 N–H and O–H groups in total. The Balaban J connectivity index is 1.77. The van der Waals surface area contributed by atoms with Crippen LogP contribution in [0, 0.1) is 11.3 Å². The minimum absolute atomic E-state index is 0.143. The van der Waals surface area contributed by atoms with Crippen LogP contribution in [0.25, 0.3) is 0 Å². The summed E-state index contributed by atoms with van der Waals surface area (Å²) < 4.78 is 22.4. The van der Waals surface area contributed by atoms with E-state index in [-0.39, 0.29) is 44.2 Å². The van der Waals surface area contributed by atoms with Crippen LogP contribution < -0.4 is 14.8 Å². The topological polar surface area (TPSA) is 107 Å². The molecule has 0 bridgehead atoms. The fraction of sp³-hybridized carbons (Fsp3) is 0.594. The summed E-state index contributed by atoms with van der Waals surface area (Å²) >= 11 is 0. The van der Waals surface area contributed by atoms with Crippen molar-refractivity contribution in [2.45, 2.75) is 58.6 Å². The maximum Gasteiger partial charge on any atom is 0.410 e. The Bertz CT molecular complexity index is 1130. The number of likely N-dealkylation sites (tertiary alicyclic amines) is 2. The molecule has 3 amide bonds. The normalized spacial score (nSPS) is 22.3. The highest BCUT2D eigenvalue weighted by molar-refractivity contribution is 5.97. The molecule has 1 aromatic rings. The second kappa shape index (κ2) is 14.6. The number of rotatable bonds is 12. The third kappa shape index (κ3) is 8.50. The second-order valence-electron chi connectivity index (χ2n) is 12.2. The van der Waals surface area contributed by atoms with Gasteiger partial charge >= 0.3 is 6.09 Å². The first-order chi connectivity index (χ1) is 19.9. The number of nitrogens with one attached hydrogen (secondary N) is 1. The maximum absolute atomic E-state index is 13.8. The third-order valence-corrected chi connectivity index (χ3v) is 7.61. The zero-order valence-corrected chi connectivity index (χ0v) is 25.8. The average Bonchev–Trinajstić information content (AvgIpc) is 3.39. The van der Waals surface area contributed by atoms with Crippen molar-refractivity contribution in [2.24, 2.45) is 11.3 Å². The maximum atomic E-state index is 13.8. The molecular weight excluding hydrogens is 538 g/mol. The summed E-state index contributed by atoms with van der Waals surface area (Å²) in [6.45, 7) is 17.1. The van der Waals surface area contributed by atoms with Gasteiger partial charge in [0.2, 0.25) is 5.91 Å². The van der Waals surface area contributed by atoms with Crippen LogP contribution >= 0.6 is 0 Å². The molecule has 1 unspecified atom stereocenters. The highest BCUT2D eigenvalue weighted by atomic mass is 16.6. The molecule has 0 radical (unpaired) electrons. The number of piperidine rings is 1. The Morgan fingerprint density at radius 1 is 1.14 bits per heavy atom. The van der Waals surface area contributed by atoms with Crippen LogP contribution in [0.2, 0.25) is 0 Å². The van der Waals surface area contributed by atoms with Crippen molar-refractivity contribution < 1.29 is 33.3 Å². The fourth-order valence-electron chi connectivity index (χ4n) is 5.40. The molecule has 3 rings (SSSR count). The summed E-state index contributed by atoms with van der Waals surface area (Å²) in [4.78, 5) is 43.8. The Kier molecular flexibility index (Phi) is 11.4. The van der Waals surface area contributed by atoms with Crippen molar-refractivity contribution in [2.75, 3.05) is 53.1 Å². The van der Waals surface area contributed by atoms with Crippen LogP contribution in [-0.2, 0) is 14.3 Å². The third-order valence-electron chi connectivity index (χ3n) is 7.61. The number of methoxy groups -OCH3 is 1. The van der Waals surface area contributed by atoms with Crippen molar-refractivity contribution in [1.82, 2.24) is 15.1 Å². The van der Waals surface area contributed by atoms with E-state index in [4.69, 9.17) is 18.9 Å². The van der Waals surface area contributed by atoms with Crippen molar-refractivity contribution in [3.8, 4) is 11.5 Å². The average molecular weight is 586 g/mol. The molecule has 232 valence electrons. The minimum atomic E-state index is -0.934. The Labute approximate surface area is 250 Å². The molecule has 10 heteroatoms. The van der Waals surface area contributed by atoms with Crippen molar-refractivity contribution in [1.29, 1.82) is 0 Å². The predicted molar refractivity (Wildman–Crippen MR) is 161 cm³/mol. The van der Waals surface area contributed by atoms with Gasteiger partial charge in [0.05, 0.1) is 31.3 Å². The predicted octanol–water partition coefficient (Wildman–Crippen LogP) is 4.45. The van der Waals surface area contributed by atoms with E-state index in [9.17, 15) is 14.4 Å². The molecule has 2 heterocycles. The number of ether oxygens (including phenoxy) is 4. The number of benzene rings is 1. The van der Waals surface area contributed by atoms with Gasteiger partial charge in [0.1, 0.15) is 23.7 Å². The molecule has 2 saturated heterocycles. The summed E-state index contributed by atoms with van der Waals surface area (Å²) in [5.74, 6) is 1.03. The highest BCUT2D eigenvalue weighted by Crippen LogP contribution is 2.34. The molecular formula is C32H47N3O7. The standard InChI is InChI=1S/C32H47N3O7/c1-8-16-40-22-32(13-15-34(21-32)30(38)42-31(4,5)6)29(37)33-20-24-18-23(3)12-14-35(24)28(36)26-11-10-25(39-7)19-27(26)41-17-9-2/h8-11,19,23-24H,1-2,12-18,20-22H2,3-7H3,(H,33,37)/t23-,24+,32?/m1/s1. The van der Waals surface area contributed by atoms with Gasteiger partial charge < -0.3 is 34.1 Å². The molecule has 42 heavy (non-hydrogen) atoms. The molecule has 2 fully saturated rings. The number of carbonyl (C=O) groups excluding carboxylic acids is 3. The van der Waals surface area contributed by atoms with Crippen molar-refractivity contribution >= 4 is 17.9 Å². The lowest BCUT2D eigenvalue weighted by atomic mass is 9.86. The van der Waals surface area contributed by atoms with Gasteiger partial charge in [-0.2, -0.15) is 0 Å². The molecule has 0 spiro atoms. The van der Waals surface area contributed by atoms with E-state index in [1.807, 2.05) is 25.7 Å². The lowest BCUT2D eigenvalue weighted by Gasteiger charge is -2.39. The summed E-state index contributed by atoms with van der Waals surface area (Å²) in [5, 5.41) is 3.11. The Hall–Kier alpha value is -3.53. The first-order valence-corrected chi connectivity index (χ1v) is 14.6. The lowest BCUT2D eigenvalue weighted by molar-refractivity contribution is -0.134. The number of hydrogen-bond donors (Lipinski definition) is 1. The fourth-order valence-corrected chi connectivity index (χ4v) is 5.40. The van der Waals surface area contributed by atoms with Gasteiger partial charge in [-0.25, -0.2) is 4.79 Å². The van der Waals surface area contributed by atoms with Gasteiger partial charge in [-0.1, -0.05) is 25.7 Å². The first kappa shape index (κ1) is 33.0. The zero-order valence-electron chi connectivity index (χ0n) is 25.8. The van der Waals surface area contributed by atoms with Crippen LogP contribution in [0.15, 0.2) is 43.5 Å². The van der Waals surface area contributed by atoms with Gasteiger partial charge in [-0.3, -0.25) is 9.59 Å². The molecule has 1 aromatic carbocycles. The van der Waals surface area contributed by atoms with E-state index >= 15 is 0 Å². The number of amides is 3. The number of hydrogen-bond acceptors (Lipinski definition) is 7. The zero-order chi connectivity index (χ0) is 30.9. The Morgan fingerprint density at radius 2 is 1.88 bits per heavy atom. The van der Waals surface area contributed by atoms with E-state index in [1.54, 1.807) is 42.4 Å². The Morgan fingerprint density at radius 3 is 2.55 bits per heavy atom. The number of carbonyl (C=O) groups is 3. The minimum Gasteiger partial charge on any atom is -0.497 e. The molecule has 2 aliphatic rings. The van der Waals surface area contributed by atoms with Crippen LogP contribution in [0.1, 0.15) is 57.3 Å². The molecule has 0 saturated carbocycles. The summed E-state index contributed by atoms with van der Waals surface area (Å²) in [6, 6.07) is 4.93. The molecule has 10 nitrogen and oxygen atoms in total. The number of nitrogens with zero attached hydrogens (tertiary/aromatic N) is 2. The second-order valence-corrected chi connectivity index (χ2v) is 12.2. The summed E-state index contributed by atoms with van der Waals surface area (Å²) in [5.41, 5.74) is -1.14. The van der Waals surface area contributed by atoms with Gasteiger partial charge in [0, 0.05) is 38.3 Å². The van der Waals surface area contributed by atoms with Gasteiger partial charge in [0.25, 0.3) is 5.91 Å². The first-order valence-electron chi connectivity index (χ1n) is 14.6. The van der Waals surface area contributed by atoms with E-state index in [2.05, 4.69) is 25.4 Å². The smallest absolute Gasteiger partial charge is 0.410 e. The van der Waals surface area contributed by atoms with Crippen LogP contribution in [0.3, 0.4) is 0 Å². The molecule has 0 aromatic heterocycles. The van der Waals surface area contributed by atoms with Crippen LogP contribution in [0.4, 0.5) is 4.79 Å². The van der Waals surface area contributed by atoms with Crippen LogP contribution in [-0.4, -0.2) is 92.5 Å². The lowest BCUT2D eigenvalue weighted by Crippen LogP contribution is -2.54. The molecule has 3 atom stereocenters. The van der Waals surface area contributed by atoms with Gasteiger partial charge in [-0.05, 0) is 58.1 Å². The molecule has 0 aliphatic carbocycles.